The van der Waals surface area contributed by atoms with Gasteiger partial charge in [-0.25, -0.2) is 12.8 Å². The molecule has 1 aromatic carbocycles. The highest BCUT2D eigenvalue weighted by Crippen LogP contribution is 2.12. The van der Waals surface area contributed by atoms with Crippen LogP contribution >= 0.6 is 0 Å². The Balaban J connectivity index is 2.57. The van der Waals surface area contributed by atoms with E-state index in [1.54, 1.807) is 12.1 Å². The zero-order chi connectivity index (χ0) is 15.2. The molecule has 0 radical (unpaired) electrons. The fourth-order valence-corrected chi connectivity index (χ4v) is 2.32. The van der Waals surface area contributed by atoms with Crippen molar-refractivity contribution in [1.29, 1.82) is 0 Å². The van der Waals surface area contributed by atoms with Crippen LogP contribution in [0.2, 0.25) is 0 Å². The van der Waals surface area contributed by atoms with Crippen molar-refractivity contribution < 1.29 is 18.0 Å². The molecule has 0 spiro atoms. The number of hydrogen-bond donors (Lipinski definition) is 3. The fourth-order valence-electron chi connectivity index (χ4n) is 1.65. The van der Waals surface area contributed by atoms with Crippen LogP contribution in [-0.2, 0) is 16.4 Å². The zero-order valence-electron chi connectivity index (χ0n) is 11.1. The molecule has 0 aliphatic rings. The van der Waals surface area contributed by atoms with E-state index >= 15 is 0 Å². The van der Waals surface area contributed by atoms with Crippen molar-refractivity contribution in [2.75, 3.05) is 18.6 Å². The topological polar surface area (TPSA) is 105 Å². The van der Waals surface area contributed by atoms with E-state index in [2.05, 4.69) is 10.5 Å². The van der Waals surface area contributed by atoms with Gasteiger partial charge in [-0.3, -0.25) is 0 Å². The molecule has 0 saturated carbocycles. The summed E-state index contributed by atoms with van der Waals surface area (Å²) >= 11 is 0. The second-order valence-electron chi connectivity index (χ2n) is 4.42. The minimum absolute atomic E-state index is 0.0305. The molecule has 0 aromatic heterocycles. The van der Waals surface area contributed by atoms with Gasteiger partial charge in [0.15, 0.2) is 5.84 Å². The van der Waals surface area contributed by atoms with Crippen LogP contribution in [0.4, 0.5) is 4.39 Å². The minimum Gasteiger partial charge on any atom is -0.409 e. The lowest BCUT2D eigenvalue weighted by Gasteiger charge is -2.08. The maximum Gasteiger partial charge on any atom is 0.173 e. The molecule has 0 fully saturated rings. The first-order valence-corrected chi connectivity index (χ1v) is 8.05. The first-order valence-electron chi connectivity index (χ1n) is 5.99. The molecule has 1 rings (SSSR count). The van der Waals surface area contributed by atoms with Gasteiger partial charge in [-0.15, -0.1) is 0 Å². The number of halogens is 1. The van der Waals surface area contributed by atoms with Crippen molar-refractivity contribution in [1.82, 2.24) is 5.32 Å². The second-order valence-corrected chi connectivity index (χ2v) is 6.68. The highest BCUT2D eigenvalue weighted by atomic mass is 32.2. The molecule has 0 aliphatic heterocycles. The van der Waals surface area contributed by atoms with Crippen molar-refractivity contribution in [3.8, 4) is 0 Å². The number of nitrogens with one attached hydrogen (secondary N) is 1. The summed E-state index contributed by atoms with van der Waals surface area (Å²) in [4.78, 5) is 0. The molecule has 0 atom stereocenters. The van der Waals surface area contributed by atoms with Crippen LogP contribution in [0.5, 0.6) is 0 Å². The van der Waals surface area contributed by atoms with Crippen molar-refractivity contribution in [2.45, 2.75) is 13.0 Å². The van der Waals surface area contributed by atoms with Crippen molar-refractivity contribution in [2.24, 2.45) is 10.9 Å². The molecule has 6 nitrogen and oxygen atoms in total. The van der Waals surface area contributed by atoms with Crippen LogP contribution in [-0.4, -0.2) is 38.0 Å². The van der Waals surface area contributed by atoms with Crippen molar-refractivity contribution in [3.63, 3.8) is 0 Å². The quantitative estimate of drug-likeness (QED) is 0.223. The third-order valence-corrected chi connectivity index (χ3v) is 3.68. The fraction of sp³-hybridized carbons (Fsp3) is 0.417. The normalized spacial score (nSPS) is 12.6. The van der Waals surface area contributed by atoms with Gasteiger partial charge in [0.25, 0.3) is 0 Å². The Morgan fingerprint density at radius 3 is 2.80 bits per heavy atom. The van der Waals surface area contributed by atoms with E-state index in [1.807, 2.05) is 0 Å². The smallest absolute Gasteiger partial charge is 0.173 e. The van der Waals surface area contributed by atoms with E-state index in [0.29, 0.717) is 18.5 Å². The summed E-state index contributed by atoms with van der Waals surface area (Å²) in [7, 11) is -2.97. The average molecular weight is 303 g/mol. The van der Waals surface area contributed by atoms with Gasteiger partial charge in [0.05, 0.1) is 11.3 Å². The third-order valence-electron chi connectivity index (χ3n) is 2.65. The van der Waals surface area contributed by atoms with Gasteiger partial charge in [-0.05, 0) is 19.0 Å². The highest BCUT2D eigenvalue weighted by Gasteiger charge is 2.11. The summed E-state index contributed by atoms with van der Waals surface area (Å²) < 4.78 is 35.9. The summed E-state index contributed by atoms with van der Waals surface area (Å²) in [6.07, 6.45) is 1.63. The number of sulfone groups is 1. The number of amidine groups is 1. The maximum atomic E-state index is 14.0. The Kier molecular flexibility index (Phi) is 5.90. The van der Waals surface area contributed by atoms with Gasteiger partial charge < -0.3 is 16.3 Å². The van der Waals surface area contributed by atoms with Gasteiger partial charge in [0, 0.05) is 18.4 Å². The molecule has 0 saturated heterocycles. The van der Waals surface area contributed by atoms with E-state index < -0.39 is 15.7 Å². The molecule has 0 heterocycles. The van der Waals surface area contributed by atoms with Crippen molar-refractivity contribution >= 4 is 15.7 Å². The second kappa shape index (κ2) is 7.20. The highest BCUT2D eigenvalue weighted by molar-refractivity contribution is 7.90. The molecule has 0 unspecified atom stereocenters. The number of nitrogens with two attached hydrogens (primary N) is 1. The van der Waals surface area contributed by atoms with Crippen molar-refractivity contribution in [3.05, 3.63) is 35.1 Å². The van der Waals surface area contributed by atoms with Gasteiger partial charge >= 0.3 is 0 Å². The summed E-state index contributed by atoms with van der Waals surface area (Å²) in [6.45, 7) is 0.697. The predicted molar refractivity (Wildman–Crippen MR) is 74.9 cm³/mol. The summed E-state index contributed by atoms with van der Waals surface area (Å²) in [5.41, 5.74) is 5.76. The molecule has 0 aliphatic carbocycles. The molecular formula is C12H18FN3O3S. The first-order chi connectivity index (χ1) is 9.35. The predicted octanol–water partition coefficient (Wildman–Crippen LogP) is 0.444. The summed E-state index contributed by atoms with van der Waals surface area (Å²) in [6, 6.07) is 4.59. The molecule has 0 bridgehead atoms. The van der Waals surface area contributed by atoms with E-state index in [1.165, 1.54) is 12.3 Å². The Labute approximate surface area is 117 Å². The lowest BCUT2D eigenvalue weighted by atomic mass is 10.1. The minimum atomic E-state index is -2.97. The van der Waals surface area contributed by atoms with Crippen LogP contribution in [0.25, 0.3) is 0 Å². The van der Waals surface area contributed by atoms with Crippen LogP contribution in [0, 0.1) is 5.82 Å². The van der Waals surface area contributed by atoms with E-state index in [4.69, 9.17) is 10.9 Å². The Morgan fingerprint density at radius 1 is 1.50 bits per heavy atom. The lowest BCUT2D eigenvalue weighted by Crippen LogP contribution is -2.20. The molecule has 0 amide bonds. The lowest BCUT2D eigenvalue weighted by molar-refractivity contribution is 0.318. The van der Waals surface area contributed by atoms with Gasteiger partial charge in [0.1, 0.15) is 15.7 Å². The van der Waals surface area contributed by atoms with E-state index in [9.17, 15) is 12.8 Å². The van der Waals surface area contributed by atoms with Crippen LogP contribution in [0.3, 0.4) is 0 Å². The number of nitrogens with zero attached hydrogens (tertiary/aromatic N) is 1. The SMILES string of the molecule is CS(=O)(=O)CCCNCc1cccc(/C(N)=N/O)c1F. The van der Waals surface area contributed by atoms with Gasteiger partial charge in [-0.1, -0.05) is 17.3 Å². The zero-order valence-corrected chi connectivity index (χ0v) is 12.0. The Bertz CT molecular complexity index is 588. The third kappa shape index (κ3) is 5.14. The Hall–Kier alpha value is -1.67. The van der Waals surface area contributed by atoms with Crippen LogP contribution in [0.1, 0.15) is 17.5 Å². The monoisotopic (exact) mass is 303 g/mol. The Morgan fingerprint density at radius 2 is 2.20 bits per heavy atom. The molecule has 8 heteroatoms. The number of rotatable bonds is 7. The maximum absolute atomic E-state index is 14.0. The molecule has 112 valence electrons. The van der Waals surface area contributed by atoms with E-state index in [-0.39, 0.29) is 23.7 Å². The number of benzene rings is 1. The molecule has 4 N–H and O–H groups in total. The molecular weight excluding hydrogens is 285 g/mol. The van der Waals surface area contributed by atoms with Crippen LogP contribution < -0.4 is 11.1 Å². The molecule has 20 heavy (non-hydrogen) atoms. The molecule has 1 aromatic rings. The number of oxime groups is 1. The first kappa shape index (κ1) is 16.4. The van der Waals surface area contributed by atoms with Crippen LogP contribution in [0.15, 0.2) is 23.4 Å². The van der Waals surface area contributed by atoms with E-state index in [0.717, 1.165) is 0 Å². The standard InChI is InChI=1S/C12H18FN3O3S/c1-20(18,19)7-3-6-15-8-9-4-2-5-10(11(9)13)12(14)16-17/h2,4-5,15,17H,3,6-8H2,1H3,(H2,14,16). The number of hydrogen-bond acceptors (Lipinski definition) is 5. The average Bonchev–Trinajstić information content (AvgIpc) is 2.38. The summed E-state index contributed by atoms with van der Waals surface area (Å²) in [5, 5.41) is 14.3. The summed E-state index contributed by atoms with van der Waals surface area (Å²) in [5.74, 6) is -0.757. The van der Waals surface area contributed by atoms with Gasteiger partial charge in [0.2, 0.25) is 0 Å². The van der Waals surface area contributed by atoms with Gasteiger partial charge in [-0.2, -0.15) is 0 Å². The largest absolute Gasteiger partial charge is 0.409 e.